The summed E-state index contributed by atoms with van der Waals surface area (Å²) in [4.78, 5) is 41.4. The molecule has 1 atom stereocenters. The lowest BCUT2D eigenvalue weighted by molar-refractivity contribution is -0.139. The predicted molar refractivity (Wildman–Crippen MR) is 101 cm³/mol. The Balaban J connectivity index is 2.11. The molecule has 2 aliphatic heterocycles. The number of allylic oxidation sites excluding steroid dienone is 1. The highest BCUT2D eigenvalue weighted by atomic mass is 16.5. The van der Waals surface area contributed by atoms with Crippen LogP contribution in [-0.2, 0) is 29.3 Å². The Morgan fingerprint density at radius 1 is 1.29 bits per heavy atom. The summed E-state index contributed by atoms with van der Waals surface area (Å²) in [7, 11) is 1.22. The number of methoxy groups -OCH3 is 1. The van der Waals surface area contributed by atoms with E-state index in [1.807, 2.05) is 19.1 Å². The van der Waals surface area contributed by atoms with Crippen molar-refractivity contribution in [3.8, 4) is 0 Å². The van der Waals surface area contributed by atoms with Gasteiger partial charge in [-0.3, -0.25) is 9.59 Å². The number of carbonyl (C=O) groups is 3. The molecular weight excluding hydrogens is 360 g/mol. The van der Waals surface area contributed by atoms with Gasteiger partial charge in [-0.05, 0) is 18.9 Å². The summed E-state index contributed by atoms with van der Waals surface area (Å²) in [6, 6.07) is 7.22. The number of rotatable bonds is 3. The van der Waals surface area contributed by atoms with Gasteiger partial charge in [-0.2, -0.15) is 0 Å². The van der Waals surface area contributed by atoms with E-state index in [1.54, 1.807) is 17.0 Å². The van der Waals surface area contributed by atoms with Crippen LogP contribution in [0.3, 0.4) is 0 Å². The van der Waals surface area contributed by atoms with E-state index in [9.17, 15) is 14.4 Å². The topological polar surface area (TPSA) is 98.9 Å². The van der Waals surface area contributed by atoms with Gasteiger partial charge in [-0.25, -0.2) is 4.79 Å². The van der Waals surface area contributed by atoms with Crippen molar-refractivity contribution in [2.24, 2.45) is 5.73 Å². The second kappa shape index (κ2) is 6.51. The monoisotopic (exact) mass is 382 g/mol. The van der Waals surface area contributed by atoms with Crippen LogP contribution < -0.4 is 10.6 Å². The van der Waals surface area contributed by atoms with Crippen molar-refractivity contribution in [1.29, 1.82) is 0 Å². The molecule has 1 aromatic carbocycles. The fourth-order valence-corrected chi connectivity index (χ4v) is 4.57. The molecule has 0 bridgehead atoms. The summed E-state index contributed by atoms with van der Waals surface area (Å²) in [5.41, 5.74) is 5.89. The quantitative estimate of drug-likeness (QED) is 0.804. The lowest BCUT2D eigenvalue weighted by Crippen LogP contribution is -2.51. The SMILES string of the molecule is CCCN1C(=O)C2(C(C(=O)OC)=C(N)OC3=C2C(=O)CCC3)c2ccccc21. The molecular formula is C21H22N2O5. The minimum absolute atomic E-state index is 0.111. The summed E-state index contributed by atoms with van der Waals surface area (Å²) >= 11 is 0. The molecule has 1 aromatic rings. The third kappa shape index (κ3) is 2.19. The molecule has 7 nitrogen and oxygen atoms in total. The minimum Gasteiger partial charge on any atom is -0.465 e. The van der Waals surface area contributed by atoms with E-state index in [1.165, 1.54) is 7.11 Å². The van der Waals surface area contributed by atoms with E-state index in [0.717, 1.165) is 6.42 Å². The molecule has 1 unspecified atom stereocenters. The molecule has 146 valence electrons. The summed E-state index contributed by atoms with van der Waals surface area (Å²) in [5, 5.41) is 0. The number of nitrogens with two attached hydrogens (primary N) is 1. The number of carbonyl (C=O) groups excluding carboxylic acids is 3. The van der Waals surface area contributed by atoms with Crippen LogP contribution in [0, 0.1) is 0 Å². The van der Waals surface area contributed by atoms with E-state index in [0.29, 0.717) is 42.8 Å². The number of hydrogen-bond donors (Lipinski definition) is 1. The third-order valence-corrected chi connectivity index (χ3v) is 5.60. The van der Waals surface area contributed by atoms with Crippen molar-refractivity contribution in [3.63, 3.8) is 0 Å². The van der Waals surface area contributed by atoms with Crippen molar-refractivity contribution in [2.75, 3.05) is 18.6 Å². The molecule has 1 aliphatic carbocycles. The fourth-order valence-electron chi connectivity index (χ4n) is 4.57. The van der Waals surface area contributed by atoms with Gasteiger partial charge in [0, 0.05) is 30.6 Å². The van der Waals surface area contributed by atoms with Gasteiger partial charge in [-0.1, -0.05) is 25.1 Å². The molecule has 0 radical (unpaired) electrons. The van der Waals surface area contributed by atoms with E-state index < -0.39 is 11.4 Å². The second-order valence-electron chi connectivity index (χ2n) is 7.13. The van der Waals surface area contributed by atoms with Crippen molar-refractivity contribution >= 4 is 23.3 Å². The van der Waals surface area contributed by atoms with Crippen molar-refractivity contribution in [1.82, 2.24) is 0 Å². The average molecular weight is 382 g/mol. The maximum absolute atomic E-state index is 13.9. The Bertz CT molecular complexity index is 961. The number of hydrogen-bond acceptors (Lipinski definition) is 6. The van der Waals surface area contributed by atoms with Crippen LogP contribution in [0.1, 0.15) is 38.2 Å². The number of esters is 1. The van der Waals surface area contributed by atoms with Gasteiger partial charge in [0.05, 0.1) is 12.7 Å². The normalized spacial score (nSPS) is 23.7. The lowest BCUT2D eigenvalue weighted by Gasteiger charge is -2.38. The first-order valence-corrected chi connectivity index (χ1v) is 9.43. The van der Waals surface area contributed by atoms with Gasteiger partial charge in [0.1, 0.15) is 16.7 Å². The number of fused-ring (bicyclic) bond motifs is 3. The average Bonchev–Trinajstić information content (AvgIpc) is 2.91. The predicted octanol–water partition coefficient (Wildman–Crippen LogP) is 2.06. The lowest BCUT2D eigenvalue weighted by atomic mass is 9.64. The van der Waals surface area contributed by atoms with Gasteiger partial charge in [0.25, 0.3) is 0 Å². The highest BCUT2D eigenvalue weighted by molar-refractivity contribution is 6.23. The summed E-state index contributed by atoms with van der Waals surface area (Å²) < 4.78 is 10.6. The molecule has 0 saturated carbocycles. The Labute approximate surface area is 162 Å². The van der Waals surface area contributed by atoms with Crippen LogP contribution >= 0.6 is 0 Å². The van der Waals surface area contributed by atoms with E-state index >= 15 is 0 Å². The summed E-state index contributed by atoms with van der Waals surface area (Å²) in [6.45, 7) is 2.43. The molecule has 28 heavy (non-hydrogen) atoms. The van der Waals surface area contributed by atoms with Crippen molar-refractivity contribution in [3.05, 3.63) is 52.6 Å². The van der Waals surface area contributed by atoms with Crippen molar-refractivity contribution in [2.45, 2.75) is 38.0 Å². The van der Waals surface area contributed by atoms with E-state index in [4.69, 9.17) is 15.2 Å². The van der Waals surface area contributed by atoms with Crippen LogP contribution in [0.15, 0.2) is 47.1 Å². The summed E-state index contributed by atoms with van der Waals surface area (Å²) in [5.74, 6) is -1.13. The van der Waals surface area contributed by atoms with Gasteiger partial charge in [-0.15, -0.1) is 0 Å². The van der Waals surface area contributed by atoms with Crippen LogP contribution in [-0.4, -0.2) is 31.3 Å². The molecule has 7 heteroatoms. The Morgan fingerprint density at radius 2 is 2.04 bits per heavy atom. The van der Waals surface area contributed by atoms with Crippen LogP contribution in [0.25, 0.3) is 0 Å². The number of nitrogens with zero attached hydrogens (tertiary/aromatic N) is 1. The Hall–Kier alpha value is -3.09. The van der Waals surface area contributed by atoms with Crippen molar-refractivity contribution < 1.29 is 23.9 Å². The first kappa shape index (κ1) is 18.3. The Kier molecular flexibility index (Phi) is 4.25. The fraction of sp³-hybridized carbons (Fsp3) is 0.381. The second-order valence-corrected chi connectivity index (χ2v) is 7.13. The molecule has 0 fully saturated rings. The zero-order chi connectivity index (χ0) is 20.1. The van der Waals surface area contributed by atoms with Gasteiger partial charge in [0.2, 0.25) is 11.8 Å². The molecule has 1 amide bonds. The zero-order valence-electron chi connectivity index (χ0n) is 15.9. The Morgan fingerprint density at radius 3 is 2.75 bits per heavy atom. The molecule has 1 spiro atoms. The maximum Gasteiger partial charge on any atom is 0.340 e. The molecule has 0 aromatic heterocycles. The van der Waals surface area contributed by atoms with Crippen LogP contribution in [0.2, 0.25) is 0 Å². The molecule has 2 N–H and O–H groups in total. The third-order valence-electron chi connectivity index (χ3n) is 5.60. The summed E-state index contributed by atoms with van der Waals surface area (Å²) in [6.07, 6.45) is 2.12. The molecule has 3 aliphatic rings. The number of amides is 1. The molecule has 4 rings (SSSR count). The number of anilines is 1. The number of ether oxygens (including phenoxy) is 2. The largest absolute Gasteiger partial charge is 0.465 e. The number of benzene rings is 1. The van der Waals surface area contributed by atoms with Gasteiger partial charge >= 0.3 is 5.97 Å². The minimum atomic E-state index is -1.62. The first-order valence-electron chi connectivity index (χ1n) is 9.43. The van der Waals surface area contributed by atoms with Gasteiger partial charge in [0.15, 0.2) is 5.78 Å². The first-order chi connectivity index (χ1) is 13.5. The van der Waals surface area contributed by atoms with E-state index in [2.05, 4.69) is 0 Å². The van der Waals surface area contributed by atoms with Gasteiger partial charge < -0.3 is 20.1 Å². The zero-order valence-corrected chi connectivity index (χ0v) is 15.9. The number of para-hydroxylation sites is 1. The highest BCUT2D eigenvalue weighted by Crippen LogP contribution is 2.56. The maximum atomic E-state index is 13.9. The molecule has 0 saturated heterocycles. The van der Waals surface area contributed by atoms with Crippen LogP contribution in [0.5, 0.6) is 0 Å². The number of ketones is 1. The van der Waals surface area contributed by atoms with E-state index in [-0.39, 0.29) is 28.7 Å². The molecule has 2 heterocycles. The number of Topliss-reactive ketones (excluding diaryl/α,β-unsaturated/α-hetero) is 1. The highest BCUT2D eigenvalue weighted by Gasteiger charge is 2.63. The smallest absolute Gasteiger partial charge is 0.340 e. The standard InChI is InChI=1S/C21H22N2O5/c1-3-11-23-13-8-5-4-7-12(13)21(20(23)26)16-14(24)9-6-10-15(16)28-18(22)17(21)19(25)27-2/h4-5,7-8H,3,6,9-11,22H2,1-2H3. The van der Waals surface area contributed by atoms with Crippen LogP contribution in [0.4, 0.5) is 5.69 Å².